The van der Waals surface area contributed by atoms with Crippen LogP contribution in [0.15, 0.2) is 72.3 Å². The van der Waals surface area contributed by atoms with Crippen LogP contribution in [0.5, 0.6) is 0 Å². The topological polar surface area (TPSA) is 21.8 Å². The molecule has 0 spiro atoms. The second kappa shape index (κ2) is 9.01. The Kier molecular flexibility index (Phi) is 6.68. The number of nitrogens with zero attached hydrogens (tertiary/aromatic N) is 3. The van der Waals surface area contributed by atoms with Crippen molar-refractivity contribution in [1.29, 1.82) is 0 Å². The summed E-state index contributed by atoms with van der Waals surface area (Å²) in [7, 11) is 8.63. The minimum absolute atomic E-state index is 0.190. The van der Waals surface area contributed by atoms with Crippen LogP contribution in [0.25, 0.3) is 0 Å². The van der Waals surface area contributed by atoms with E-state index in [-0.39, 0.29) is 24.3 Å². The van der Waals surface area contributed by atoms with Crippen LogP contribution in [0.1, 0.15) is 37.1 Å². The van der Waals surface area contributed by atoms with Gasteiger partial charge in [-0.25, -0.2) is 10.4 Å². The smallest absolute Gasteiger partial charge is 0.0837 e. The van der Waals surface area contributed by atoms with Gasteiger partial charge in [0.15, 0.2) is 0 Å². The van der Waals surface area contributed by atoms with Crippen molar-refractivity contribution >= 4 is 0 Å². The van der Waals surface area contributed by atoms with Crippen molar-refractivity contribution in [2.75, 3.05) is 28.2 Å². The second-order valence-corrected chi connectivity index (χ2v) is 8.25. The van der Waals surface area contributed by atoms with Crippen LogP contribution in [0.3, 0.4) is 0 Å². The molecule has 28 heavy (non-hydrogen) atoms. The van der Waals surface area contributed by atoms with Gasteiger partial charge < -0.3 is 0 Å². The van der Waals surface area contributed by atoms with Crippen LogP contribution < -0.4 is 5.43 Å². The molecule has 2 aromatic rings. The lowest BCUT2D eigenvalue weighted by molar-refractivity contribution is 0.0988. The van der Waals surface area contributed by atoms with Crippen LogP contribution in [0, 0.1) is 0 Å². The van der Waals surface area contributed by atoms with Gasteiger partial charge in [0.25, 0.3) is 0 Å². The first kappa shape index (κ1) is 20.7. The van der Waals surface area contributed by atoms with E-state index in [1.165, 1.54) is 16.7 Å². The molecule has 0 bridgehead atoms. The maximum absolute atomic E-state index is 3.63. The Morgan fingerprint density at radius 3 is 1.64 bits per heavy atom. The molecule has 0 radical (unpaired) electrons. The van der Waals surface area contributed by atoms with Crippen molar-refractivity contribution in [2.24, 2.45) is 0 Å². The van der Waals surface area contributed by atoms with Crippen molar-refractivity contribution in [2.45, 2.75) is 38.1 Å². The predicted octanol–water partition coefficient (Wildman–Crippen LogP) is 4.07. The SMILES string of the molecule is CC(C)=C[C@@H](NN(C)C)C1N(C)[C@@H](c2ccccc2)[C@H](c2ccccc2)N1C. The molecule has 1 heterocycles. The summed E-state index contributed by atoms with van der Waals surface area (Å²) in [5, 5.41) is 2.05. The summed E-state index contributed by atoms with van der Waals surface area (Å²) >= 11 is 0. The molecule has 0 amide bonds. The van der Waals surface area contributed by atoms with E-state index in [9.17, 15) is 0 Å². The fourth-order valence-electron chi connectivity index (χ4n) is 4.55. The van der Waals surface area contributed by atoms with Gasteiger partial charge in [0, 0.05) is 14.1 Å². The van der Waals surface area contributed by atoms with E-state index < -0.39 is 0 Å². The van der Waals surface area contributed by atoms with Gasteiger partial charge in [-0.2, -0.15) is 0 Å². The number of hydrogen-bond acceptors (Lipinski definition) is 4. The molecular weight excluding hydrogens is 344 g/mol. The largest absolute Gasteiger partial charge is 0.280 e. The molecule has 2 aromatic carbocycles. The highest BCUT2D eigenvalue weighted by Crippen LogP contribution is 2.46. The Hall–Kier alpha value is -1.98. The zero-order valence-corrected chi connectivity index (χ0v) is 18.0. The van der Waals surface area contributed by atoms with Crippen LogP contribution in [0.2, 0.25) is 0 Å². The van der Waals surface area contributed by atoms with Gasteiger partial charge in [-0.1, -0.05) is 72.3 Å². The molecule has 150 valence electrons. The maximum atomic E-state index is 3.63. The Morgan fingerprint density at radius 2 is 1.29 bits per heavy atom. The van der Waals surface area contributed by atoms with Gasteiger partial charge in [-0.05, 0) is 39.1 Å². The molecular formula is C24H34N4. The van der Waals surface area contributed by atoms with E-state index in [0.29, 0.717) is 0 Å². The minimum Gasteiger partial charge on any atom is -0.280 e. The summed E-state index contributed by atoms with van der Waals surface area (Å²) in [6.45, 7) is 4.34. The molecule has 3 atom stereocenters. The lowest BCUT2D eigenvalue weighted by Crippen LogP contribution is -2.54. The zero-order chi connectivity index (χ0) is 20.3. The van der Waals surface area contributed by atoms with Gasteiger partial charge >= 0.3 is 0 Å². The van der Waals surface area contributed by atoms with Crippen molar-refractivity contribution in [1.82, 2.24) is 20.2 Å². The van der Waals surface area contributed by atoms with E-state index in [0.717, 1.165) is 0 Å². The Labute approximate surface area is 170 Å². The minimum atomic E-state index is 0.190. The van der Waals surface area contributed by atoms with Gasteiger partial charge in [0.1, 0.15) is 0 Å². The summed E-state index contributed by atoms with van der Waals surface area (Å²) < 4.78 is 0. The van der Waals surface area contributed by atoms with Crippen LogP contribution >= 0.6 is 0 Å². The first-order valence-corrected chi connectivity index (χ1v) is 10.0. The van der Waals surface area contributed by atoms with Crippen LogP contribution in [0.4, 0.5) is 0 Å². The van der Waals surface area contributed by atoms with E-state index in [1.807, 2.05) is 0 Å². The van der Waals surface area contributed by atoms with E-state index in [1.54, 1.807) is 0 Å². The molecule has 1 saturated heterocycles. The van der Waals surface area contributed by atoms with E-state index >= 15 is 0 Å². The summed E-state index contributed by atoms with van der Waals surface area (Å²) in [6.07, 6.45) is 2.57. The van der Waals surface area contributed by atoms with Gasteiger partial charge in [-0.15, -0.1) is 0 Å². The highest BCUT2D eigenvalue weighted by atomic mass is 15.5. The lowest BCUT2D eigenvalue weighted by Gasteiger charge is -2.35. The van der Waals surface area contributed by atoms with Gasteiger partial charge in [-0.3, -0.25) is 9.80 Å². The van der Waals surface area contributed by atoms with Gasteiger partial charge in [0.05, 0.1) is 24.3 Å². The Bertz CT molecular complexity index is 716. The molecule has 1 aliphatic rings. The first-order valence-electron chi connectivity index (χ1n) is 10.0. The Balaban J connectivity index is 2.06. The summed E-state index contributed by atoms with van der Waals surface area (Å²) in [4.78, 5) is 5.04. The average Bonchev–Trinajstić information content (AvgIpc) is 2.92. The second-order valence-electron chi connectivity index (χ2n) is 8.25. The molecule has 0 saturated carbocycles. The third-order valence-electron chi connectivity index (χ3n) is 5.53. The monoisotopic (exact) mass is 378 g/mol. The lowest BCUT2D eigenvalue weighted by atomic mass is 9.93. The average molecular weight is 379 g/mol. The number of nitrogens with one attached hydrogen (secondary N) is 1. The molecule has 0 aliphatic carbocycles. The van der Waals surface area contributed by atoms with Crippen molar-refractivity contribution in [3.05, 3.63) is 83.4 Å². The quantitative estimate of drug-likeness (QED) is 0.604. The molecule has 4 heteroatoms. The normalized spacial score (nSPS) is 22.5. The fraction of sp³-hybridized carbons (Fsp3) is 0.417. The number of allylic oxidation sites excluding steroid dienone is 1. The third-order valence-corrected chi connectivity index (χ3v) is 5.53. The Morgan fingerprint density at radius 1 is 0.857 bits per heavy atom. The maximum Gasteiger partial charge on any atom is 0.0837 e. The molecule has 0 unspecified atom stereocenters. The predicted molar refractivity (Wildman–Crippen MR) is 118 cm³/mol. The van der Waals surface area contributed by atoms with Crippen LogP contribution in [-0.4, -0.2) is 55.2 Å². The number of hydrogen-bond donors (Lipinski definition) is 1. The number of hydrazine groups is 1. The third kappa shape index (κ3) is 4.36. The van der Waals surface area contributed by atoms with Crippen molar-refractivity contribution in [3.8, 4) is 0 Å². The highest BCUT2D eigenvalue weighted by Gasteiger charge is 2.47. The molecule has 3 rings (SSSR count). The highest BCUT2D eigenvalue weighted by molar-refractivity contribution is 5.30. The first-order chi connectivity index (χ1) is 13.4. The molecule has 0 aromatic heterocycles. The number of rotatable bonds is 6. The van der Waals surface area contributed by atoms with E-state index in [4.69, 9.17) is 0 Å². The molecule has 1 N–H and O–H groups in total. The zero-order valence-electron chi connectivity index (χ0n) is 18.0. The summed E-state index contributed by atoms with van der Waals surface area (Å²) in [5.74, 6) is 0. The fourth-order valence-corrected chi connectivity index (χ4v) is 4.55. The number of benzene rings is 2. The van der Waals surface area contributed by atoms with Gasteiger partial charge in [0.2, 0.25) is 0 Å². The van der Waals surface area contributed by atoms with Crippen molar-refractivity contribution < 1.29 is 0 Å². The molecule has 1 fully saturated rings. The molecule has 1 aliphatic heterocycles. The molecule has 4 nitrogen and oxygen atoms in total. The summed E-state index contributed by atoms with van der Waals surface area (Å²) in [5.41, 5.74) is 7.66. The number of likely N-dealkylation sites (N-methyl/N-ethyl adjacent to an activating group) is 2. The standard InChI is InChI=1S/C24H34N4/c1-18(2)17-21(25-26(3)4)24-27(5)22(19-13-9-7-10-14-19)23(28(24)6)20-15-11-8-12-16-20/h7-17,21-25H,1-6H3/t21-,22+,23+/m1/s1. The summed E-state index contributed by atoms with van der Waals surface area (Å²) in [6, 6.07) is 22.5. The van der Waals surface area contributed by atoms with Crippen LogP contribution in [-0.2, 0) is 0 Å². The van der Waals surface area contributed by atoms with E-state index in [2.05, 4.69) is 129 Å². The van der Waals surface area contributed by atoms with Crippen molar-refractivity contribution in [3.63, 3.8) is 0 Å².